The SMILES string of the molecule is COc1ccccc1NC(=O)CN(c1ccc(S(=O)(=O)N(C)C)cc1)S(C)(=O)=O. The Morgan fingerprint density at radius 2 is 1.59 bits per heavy atom. The standard InChI is InChI=1S/C18H23N3O6S2/c1-20(2)29(25,26)15-11-9-14(10-12-15)21(28(4,23)24)13-18(22)19-16-7-5-6-8-17(16)27-3/h5-12H,13H2,1-4H3,(H,19,22). The number of carbonyl (C=O) groups excluding carboxylic acids is 1. The summed E-state index contributed by atoms with van der Waals surface area (Å²) >= 11 is 0. The highest BCUT2D eigenvalue weighted by molar-refractivity contribution is 7.92. The van der Waals surface area contributed by atoms with Crippen molar-refractivity contribution in [2.45, 2.75) is 4.90 Å². The zero-order valence-electron chi connectivity index (χ0n) is 16.5. The van der Waals surface area contributed by atoms with Gasteiger partial charge in [0.25, 0.3) is 0 Å². The molecule has 0 aliphatic carbocycles. The molecule has 11 heteroatoms. The molecule has 9 nitrogen and oxygen atoms in total. The van der Waals surface area contributed by atoms with Crippen LogP contribution in [0.4, 0.5) is 11.4 Å². The average Bonchev–Trinajstić information content (AvgIpc) is 2.65. The Bertz CT molecular complexity index is 1080. The minimum absolute atomic E-state index is 0.0122. The summed E-state index contributed by atoms with van der Waals surface area (Å²) in [5, 5.41) is 2.61. The molecule has 1 N–H and O–H groups in total. The number of hydrogen-bond donors (Lipinski definition) is 1. The Hall–Kier alpha value is -2.63. The number of hydrogen-bond acceptors (Lipinski definition) is 6. The molecule has 2 rings (SSSR count). The number of amides is 1. The average molecular weight is 442 g/mol. The molecule has 29 heavy (non-hydrogen) atoms. The summed E-state index contributed by atoms with van der Waals surface area (Å²) < 4.78 is 55.9. The van der Waals surface area contributed by atoms with Gasteiger partial charge in [-0.05, 0) is 36.4 Å². The van der Waals surface area contributed by atoms with Gasteiger partial charge < -0.3 is 10.1 Å². The highest BCUT2D eigenvalue weighted by atomic mass is 32.2. The molecule has 0 bridgehead atoms. The van der Waals surface area contributed by atoms with Crippen molar-refractivity contribution in [2.75, 3.05) is 43.6 Å². The van der Waals surface area contributed by atoms with Crippen LogP contribution in [-0.4, -0.2) is 61.1 Å². The molecule has 0 unspecified atom stereocenters. The number of benzene rings is 2. The van der Waals surface area contributed by atoms with Gasteiger partial charge in [-0.15, -0.1) is 0 Å². The summed E-state index contributed by atoms with van der Waals surface area (Å²) in [5.41, 5.74) is 0.571. The number of nitrogens with zero attached hydrogens (tertiary/aromatic N) is 2. The monoisotopic (exact) mass is 441 g/mol. The molecule has 158 valence electrons. The van der Waals surface area contributed by atoms with Gasteiger partial charge in [0.15, 0.2) is 0 Å². The summed E-state index contributed by atoms with van der Waals surface area (Å²) in [5.74, 6) is -0.144. The third kappa shape index (κ3) is 5.46. The first-order chi connectivity index (χ1) is 13.5. The summed E-state index contributed by atoms with van der Waals surface area (Å²) in [4.78, 5) is 12.5. The fourth-order valence-corrected chi connectivity index (χ4v) is 4.22. The van der Waals surface area contributed by atoms with Crippen LogP contribution in [0.5, 0.6) is 5.75 Å². The van der Waals surface area contributed by atoms with Crippen LogP contribution in [0.25, 0.3) is 0 Å². The lowest BCUT2D eigenvalue weighted by molar-refractivity contribution is -0.114. The first-order valence-corrected chi connectivity index (χ1v) is 11.7. The van der Waals surface area contributed by atoms with E-state index in [4.69, 9.17) is 4.74 Å². The van der Waals surface area contributed by atoms with Crippen LogP contribution in [0.3, 0.4) is 0 Å². The second kappa shape index (κ2) is 8.80. The van der Waals surface area contributed by atoms with Crippen molar-refractivity contribution in [2.24, 2.45) is 0 Å². The van der Waals surface area contributed by atoms with Crippen molar-refractivity contribution in [3.8, 4) is 5.75 Å². The number of para-hydroxylation sites is 2. The predicted octanol–water partition coefficient (Wildman–Crippen LogP) is 1.35. The topological polar surface area (TPSA) is 113 Å². The molecule has 0 fully saturated rings. The van der Waals surface area contributed by atoms with Crippen LogP contribution in [0, 0.1) is 0 Å². The highest BCUT2D eigenvalue weighted by Crippen LogP contribution is 2.24. The van der Waals surface area contributed by atoms with Crippen LogP contribution >= 0.6 is 0 Å². The molecule has 0 heterocycles. The Kier molecular flexibility index (Phi) is 6.88. The molecule has 0 aliphatic heterocycles. The minimum atomic E-state index is -3.80. The van der Waals surface area contributed by atoms with Gasteiger partial charge in [-0.2, -0.15) is 0 Å². The molecule has 1 amide bonds. The quantitative estimate of drug-likeness (QED) is 0.662. The molecule has 0 saturated carbocycles. The smallest absolute Gasteiger partial charge is 0.245 e. The third-order valence-electron chi connectivity index (χ3n) is 3.97. The molecule has 0 radical (unpaired) electrons. The van der Waals surface area contributed by atoms with E-state index in [1.165, 1.54) is 45.5 Å². The minimum Gasteiger partial charge on any atom is -0.495 e. The van der Waals surface area contributed by atoms with Crippen LogP contribution in [0.2, 0.25) is 0 Å². The molecule has 2 aromatic rings. The predicted molar refractivity (Wildman–Crippen MR) is 111 cm³/mol. The van der Waals surface area contributed by atoms with Gasteiger partial charge in [0.1, 0.15) is 12.3 Å². The van der Waals surface area contributed by atoms with E-state index in [2.05, 4.69) is 5.32 Å². The van der Waals surface area contributed by atoms with Crippen molar-refractivity contribution in [1.82, 2.24) is 4.31 Å². The molecule has 0 aliphatic rings. The van der Waals surface area contributed by atoms with Crippen molar-refractivity contribution in [3.05, 3.63) is 48.5 Å². The Morgan fingerprint density at radius 3 is 2.10 bits per heavy atom. The maximum atomic E-state index is 12.5. The van der Waals surface area contributed by atoms with Crippen molar-refractivity contribution >= 4 is 37.3 Å². The van der Waals surface area contributed by atoms with Crippen LogP contribution in [0.15, 0.2) is 53.4 Å². The molecular formula is C18H23N3O6S2. The van der Waals surface area contributed by atoms with Crippen molar-refractivity contribution < 1.29 is 26.4 Å². The Morgan fingerprint density at radius 1 is 1.00 bits per heavy atom. The van der Waals surface area contributed by atoms with E-state index in [9.17, 15) is 21.6 Å². The number of anilines is 2. The van der Waals surface area contributed by atoms with E-state index in [0.717, 1.165) is 14.9 Å². The molecule has 0 spiro atoms. The van der Waals surface area contributed by atoms with Gasteiger partial charge in [0.05, 0.1) is 29.6 Å². The molecule has 0 atom stereocenters. The number of nitrogens with one attached hydrogen (secondary N) is 1. The summed E-state index contributed by atoms with van der Waals surface area (Å²) in [6, 6.07) is 12.0. The van der Waals surface area contributed by atoms with Gasteiger partial charge in [-0.3, -0.25) is 9.10 Å². The largest absolute Gasteiger partial charge is 0.495 e. The van der Waals surface area contributed by atoms with Crippen molar-refractivity contribution in [1.29, 1.82) is 0 Å². The first-order valence-electron chi connectivity index (χ1n) is 8.40. The highest BCUT2D eigenvalue weighted by Gasteiger charge is 2.23. The molecule has 2 aromatic carbocycles. The van der Waals surface area contributed by atoms with E-state index in [0.29, 0.717) is 11.4 Å². The van der Waals surface area contributed by atoms with E-state index in [1.807, 2.05) is 0 Å². The summed E-state index contributed by atoms with van der Waals surface area (Å²) in [6.45, 7) is -0.489. The normalized spacial score (nSPS) is 11.9. The molecule has 0 aromatic heterocycles. The van der Waals surface area contributed by atoms with Crippen LogP contribution < -0.4 is 14.4 Å². The van der Waals surface area contributed by atoms with Crippen molar-refractivity contribution in [3.63, 3.8) is 0 Å². The maximum absolute atomic E-state index is 12.5. The van der Waals surface area contributed by atoms with Gasteiger partial charge in [-0.25, -0.2) is 21.1 Å². The van der Waals surface area contributed by atoms with E-state index >= 15 is 0 Å². The summed E-state index contributed by atoms with van der Waals surface area (Å²) in [7, 11) is -3.21. The zero-order valence-corrected chi connectivity index (χ0v) is 18.1. The second-order valence-corrected chi connectivity index (χ2v) is 10.4. The number of ether oxygens (including phenoxy) is 1. The van der Waals surface area contributed by atoms with Gasteiger partial charge >= 0.3 is 0 Å². The van der Waals surface area contributed by atoms with E-state index in [1.54, 1.807) is 24.3 Å². The van der Waals surface area contributed by atoms with Crippen LogP contribution in [0.1, 0.15) is 0 Å². The Labute approximate surface area is 171 Å². The van der Waals surface area contributed by atoms with Crippen LogP contribution in [-0.2, 0) is 24.8 Å². The van der Waals surface area contributed by atoms with Gasteiger partial charge in [-0.1, -0.05) is 12.1 Å². The lowest BCUT2D eigenvalue weighted by Crippen LogP contribution is -2.37. The molecular weight excluding hydrogens is 418 g/mol. The second-order valence-electron chi connectivity index (χ2n) is 6.30. The first kappa shape index (κ1) is 22.7. The lowest BCUT2D eigenvalue weighted by atomic mass is 10.3. The fourth-order valence-electron chi connectivity index (χ4n) is 2.46. The number of methoxy groups -OCH3 is 1. The fraction of sp³-hybridized carbons (Fsp3) is 0.278. The van der Waals surface area contributed by atoms with Gasteiger partial charge in [0.2, 0.25) is 26.0 Å². The van der Waals surface area contributed by atoms with E-state index in [-0.39, 0.29) is 10.6 Å². The summed E-state index contributed by atoms with van der Waals surface area (Å²) in [6.07, 6.45) is 0.966. The number of rotatable bonds is 8. The Balaban J connectivity index is 2.28. The lowest BCUT2D eigenvalue weighted by Gasteiger charge is -2.22. The number of sulfonamides is 2. The number of carbonyl (C=O) groups is 1. The van der Waals surface area contributed by atoms with Gasteiger partial charge in [0, 0.05) is 14.1 Å². The molecule has 0 saturated heterocycles. The zero-order chi connectivity index (χ0) is 21.8. The maximum Gasteiger partial charge on any atom is 0.245 e. The van der Waals surface area contributed by atoms with E-state index < -0.39 is 32.5 Å². The third-order valence-corrected chi connectivity index (χ3v) is 6.94.